The van der Waals surface area contributed by atoms with Crippen LogP contribution < -0.4 is 0 Å². The van der Waals surface area contributed by atoms with Crippen molar-refractivity contribution in [3.05, 3.63) is 95.6 Å². The highest BCUT2D eigenvalue weighted by atomic mass is 28.5. The summed E-state index contributed by atoms with van der Waals surface area (Å²) in [6.07, 6.45) is 1.20. The van der Waals surface area contributed by atoms with E-state index in [9.17, 15) is 10.2 Å². The Labute approximate surface area is 225 Å². The number of hydrogen-bond donors (Lipinski definition) is 3. The van der Waals surface area contributed by atoms with Crippen molar-refractivity contribution < 1.29 is 28.3 Å². The summed E-state index contributed by atoms with van der Waals surface area (Å²) in [4.78, 5) is 0. The van der Waals surface area contributed by atoms with Gasteiger partial charge in [0.15, 0.2) is 0 Å². The van der Waals surface area contributed by atoms with Crippen molar-refractivity contribution >= 4 is 17.1 Å². The summed E-state index contributed by atoms with van der Waals surface area (Å²) in [7, 11) is -0.638. The SMILES string of the molecule is CC(C)Cc1ccccc1.CO.CO[Si](C)(Cc1ccc(O)cc1)O[Si](C)(Cc1ccc(O)cc1)OC. The van der Waals surface area contributed by atoms with Gasteiger partial charge in [0.2, 0.25) is 0 Å². The summed E-state index contributed by atoms with van der Waals surface area (Å²) in [5.41, 5.74) is 3.56. The monoisotopic (exact) mass is 544 g/mol. The van der Waals surface area contributed by atoms with Crippen LogP contribution >= 0.6 is 0 Å². The highest BCUT2D eigenvalue weighted by Gasteiger charge is 2.42. The Kier molecular flexibility index (Phi) is 14.4. The molecule has 3 aromatic rings. The lowest BCUT2D eigenvalue weighted by Crippen LogP contribution is -2.54. The lowest BCUT2D eigenvalue weighted by Gasteiger charge is -2.35. The second-order valence-electron chi connectivity index (χ2n) is 9.55. The molecule has 204 valence electrons. The van der Waals surface area contributed by atoms with E-state index in [1.54, 1.807) is 38.5 Å². The molecule has 3 aromatic carbocycles. The van der Waals surface area contributed by atoms with Gasteiger partial charge in [0.05, 0.1) is 0 Å². The van der Waals surface area contributed by atoms with Crippen LogP contribution in [0, 0.1) is 5.92 Å². The van der Waals surface area contributed by atoms with Crippen LogP contribution in [0.2, 0.25) is 13.1 Å². The van der Waals surface area contributed by atoms with Gasteiger partial charge in [-0.3, -0.25) is 0 Å². The third-order valence-electron chi connectivity index (χ3n) is 5.71. The van der Waals surface area contributed by atoms with Gasteiger partial charge in [-0.2, -0.15) is 0 Å². The maximum Gasteiger partial charge on any atom is 0.330 e. The Hall–Kier alpha value is -2.47. The van der Waals surface area contributed by atoms with Gasteiger partial charge in [0, 0.05) is 33.4 Å². The molecule has 0 aliphatic heterocycles. The number of aliphatic hydroxyl groups excluding tert-OH is 1. The number of hydrogen-bond acceptors (Lipinski definition) is 6. The van der Waals surface area contributed by atoms with Gasteiger partial charge in [-0.05, 0) is 66.4 Å². The molecular weight excluding hydrogens is 500 g/mol. The van der Waals surface area contributed by atoms with Crippen LogP contribution in [0.25, 0.3) is 0 Å². The van der Waals surface area contributed by atoms with Crippen molar-refractivity contribution in [2.24, 2.45) is 5.92 Å². The van der Waals surface area contributed by atoms with Crippen LogP contribution in [0.5, 0.6) is 11.5 Å². The van der Waals surface area contributed by atoms with E-state index < -0.39 is 17.1 Å². The summed E-state index contributed by atoms with van der Waals surface area (Å²) >= 11 is 0. The third kappa shape index (κ3) is 12.6. The predicted octanol–water partition coefficient (Wildman–Crippen LogP) is 5.91. The van der Waals surface area contributed by atoms with E-state index in [2.05, 4.69) is 44.2 Å². The van der Waals surface area contributed by atoms with Crippen LogP contribution in [0.3, 0.4) is 0 Å². The van der Waals surface area contributed by atoms with E-state index in [-0.39, 0.29) is 11.5 Å². The molecule has 0 aliphatic rings. The van der Waals surface area contributed by atoms with Gasteiger partial charge >= 0.3 is 17.1 Å². The number of aromatic hydroxyl groups is 2. The minimum absolute atomic E-state index is 0.244. The fraction of sp³-hybridized carbons (Fsp3) is 0.379. The normalized spacial score (nSPS) is 13.9. The van der Waals surface area contributed by atoms with Crippen molar-refractivity contribution in [1.29, 1.82) is 0 Å². The van der Waals surface area contributed by atoms with Gasteiger partial charge in [-0.25, -0.2) is 0 Å². The first-order chi connectivity index (χ1) is 17.6. The van der Waals surface area contributed by atoms with Gasteiger partial charge < -0.3 is 28.3 Å². The molecule has 0 radical (unpaired) electrons. The Morgan fingerprint density at radius 2 is 1.00 bits per heavy atom. The van der Waals surface area contributed by atoms with Gasteiger partial charge in [-0.1, -0.05) is 68.4 Å². The van der Waals surface area contributed by atoms with E-state index in [1.807, 2.05) is 37.4 Å². The lowest BCUT2D eigenvalue weighted by molar-refractivity contribution is 0.239. The highest BCUT2D eigenvalue weighted by Crippen LogP contribution is 2.24. The van der Waals surface area contributed by atoms with E-state index in [4.69, 9.17) is 18.1 Å². The van der Waals surface area contributed by atoms with Gasteiger partial charge in [0.25, 0.3) is 0 Å². The van der Waals surface area contributed by atoms with Crippen LogP contribution in [-0.4, -0.2) is 53.8 Å². The lowest BCUT2D eigenvalue weighted by atomic mass is 10.0. The zero-order valence-corrected chi connectivity index (χ0v) is 25.3. The van der Waals surface area contributed by atoms with Crippen molar-refractivity contribution in [2.45, 2.75) is 45.5 Å². The van der Waals surface area contributed by atoms with Crippen LogP contribution in [0.15, 0.2) is 78.9 Å². The van der Waals surface area contributed by atoms with Crippen molar-refractivity contribution in [2.75, 3.05) is 21.3 Å². The molecule has 0 aliphatic carbocycles. The Morgan fingerprint density at radius 3 is 1.32 bits per heavy atom. The molecule has 0 heterocycles. The molecule has 0 aromatic heterocycles. The fourth-order valence-corrected chi connectivity index (χ4v) is 11.0. The molecule has 2 unspecified atom stereocenters. The van der Waals surface area contributed by atoms with Crippen molar-refractivity contribution in [3.63, 3.8) is 0 Å². The first-order valence-corrected chi connectivity index (χ1v) is 17.5. The van der Waals surface area contributed by atoms with Crippen LogP contribution in [-0.2, 0) is 31.5 Å². The molecule has 3 N–H and O–H groups in total. The second kappa shape index (κ2) is 16.4. The molecule has 6 nitrogen and oxygen atoms in total. The number of phenols is 2. The predicted molar refractivity (Wildman–Crippen MR) is 155 cm³/mol. The molecule has 0 saturated heterocycles. The van der Waals surface area contributed by atoms with Crippen LogP contribution in [0.4, 0.5) is 0 Å². The zero-order chi connectivity index (χ0) is 27.9. The first kappa shape index (κ1) is 32.6. The summed E-state index contributed by atoms with van der Waals surface area (Å²) in [6.45, 7) is 8.54. The fourth-order valence-electron chi connectivity index (χ4n) is 3.81. The minimum Gasteiger partial charge on any atom is -0.508 e. The average Bonchev–Trinajstić information content (AvgIpc) is 2.89. The Balaban J connectivity index is 0.000000475. The van der Waals surface area contributed by atoms with E-state index in [1.165, 1.54) is 12.0 Å². The largest absolute Gasteiger partial charge is 0.508 e. The topological polar surface area (TPSA) is 88.4 Å². The molecule has 2 atom stereocenters. The smallest absolute Gasteiger partial charge is 0.330 e. The summed E-state index contributed by atoms with van der Waals surface area (Å²) in [6, 6.07) is 26.2. The van der Waals surface area contributed by atoms with E-state index in [0.29, 0.717) is 12.1 Å². The van der Waals surface area contributed by atoms with Gasteiger partial charge in [0.1, 0.15) is 11.5 Å². The molecule has 0 saturated carbocycles. The maximum absolute atomic E-state index is 9.44. The average molecular weight is 545 g/mol. The van der Waals surface area contributed by atoms with Gasteiger partial charge in [-0.15, -0.1) is 0 Å². The molecule has 8 heteroatoms. The van der Waals surface area contributed by atoms with E-state index >= 15 is 0 Å². The zero-order valence-electron chi connectivity index (χ0n) is 23.3. The standard InChI is InChI=1S/C18H26O5Si2.C10H14.CH4O/c1-21-24(3,13-15-5-9-17(19)10-6-15)23-25(4,22-2)14-16-7-11-18(20)12-8-16;1-9(2)8-10-6-4-3-5-7-10;1-2/h5-12,19-20H,13-14H2,1-4H3;3-7,9H,8H2,1-2H3;2H,1H3. The minimum atomic E-state index is -2.50. The molecule has 3 rings (SSSR count). The maximum atomic E-state index is 9.44. The number of rotatable bonds is 10. The van der Waals surface area contributed by atoms with Crippen molar-refractivity contribution in [1.82, 2.24) is 0 Å². The van der Waals surface area contributed by atoms with E-state index in [0.717, 1.165) is 24.2 Å². The van der Waals surface area contributed by atoms with Crippen LogP contribution in [0.1, 0.15) is 30.5 Å². The third-order valence-corrected chi connectivity index (χ3v) is 13.0. The highest BCUT2D eigenvalue weighted by molar-refractivity contribution is 6.79. The second-order valence-corrected chi connectivity index (χ2v) is 16.4. The summed E-state index contributed by atoms with van der Waals surface area (Å²) < 4.78 is 18.1. The summed E-state index contributed by atoms with van der Waals surface area (Å²) in [5, 5.41) is 25.9. The molecule has 0 amide bonds. The first-order valence-electron chi connectivity index (χ1n) is 12.4. The summed E-state index contributed by atoms with van der Waals surface area (Å²) in [5.74, 6) is 1.25. The number of phenolic OH excluding ortho intramolecular Hbond substituents is 2. The number of benzene rings is 3. The Morgan fingerprint density at radius 1 is 0.622 bits per heavy atom. The van der Waals surface area contributed by atoms with Crippen molar-refractivity contribution in [3.8, 4) is 11.5 Å². The Bertz CT molecular complexity index is 940. The molecule has 0 fully saturated rings. The number of aliphatic hydroxyl groups is 1. The molecule has 0 spiro atoms. The molecule has 37 heavy (non-hydrogen) atoms. The quantitative estimate of drug-likeness (QED) is 0.275. The molecule has 0 bridgehead atoms. The molecular formula is C29H44O6Si2.